The molecule has 6 heteroatoms. The van der Waals surface area contributed by atoms with Gasteiger partial charge in [-0.25, -0.2) is 0 Å². The van der Waals surface area contributed by atoms with E-state index in [9.17, 15) is 18.0 Å². The predicted molar refractivity (Wildman–Crippen MR) is 73.3 cm³/mol. The number of hydrogen-bond donors (Lipinski definition) is 1. The van der Waals surface area contributed by atoms with E-state index < -0.39 is 17.9 Å². The van der Waals surface area contributed by atoms with E-state index in [-0.39, 0.29) is 17.9 Å². The Morgan fingerprint density at radius 1 is 1.33 bits per heavy atom. The number of carbonyl (C=O) groups is 1. The van der Waals surface area contributed by atoms with Crippen LogP contribution in [0.2, 0.25) is 0 Å². The lowest BCUT2D eigenvalue weighted by molar-refractivity contribution is -0.137. The van der Waals surface area contributed by atoms with E-state index in [1.165, 1.54) is 6.07 Å². The first-order valence-electron chi connectivity index (χ1n) is 6.94. The summed E-state index contributed by atoms with van der Waals surface area (Å²) in [5.74, 6) is 0.167. The minimum absolute atomic E-state index is 0.0777. The fraction of sp³-hybridized carbons (Fsp3) is 0.533. The number of hydrogen-bond acceptors (Lipinski definition) is 2. The number of rotatable bonds is 3. The van der Waals surface area contributed by atoms with Crippen molar-refractivity contribution in [2.24, 2.45) is 5.92 Å². The molecule has 1 aliphatic rings. The van der Waals surface area contributed by atoms with Gasteiger partial charge in [-0.2, -0.15) is 13.2 Å². The summed E-state index contributed by atoms with van der Waals surface area (Å²) in [4.78, 5) is 13.8. The van der Waals surface area contributed by atoms with Crippen molar-refractivity contribution in [2.75, 3.05) is 6.54 Å². The molecule has 116 valence electrons. The lowest BCUT2D eigenvalue weighted by atomic mass is 10.1. The van der Waals surface area contributed by atoms with Crippen LogP contribution in [-0.2, 0) is 11.0 Å². The molecule has 3 nitrogen and oxygen atoms in total. The van der Waals surface area contributed by atoms with Crippen LogP contribution in [0.15, 0.2) is 24.3 Å². The highest BCUT2D eigenvalue weighted by Crippen LogP contribution is 2.33. The molecular formula is C15H19F3N2O. The highest BCUT2D eigenvalue weighted by atomic mass is 19.4. The lowest BCUT2D eigenvalue weighted by Crippen LogP contribution is -2.33. The number of nitrogens with zero attached hydrogens (tertiary/aromatic N) is 1. The molecule has 2 atom stereocenters. The van der Waals surface area contributed by atoms with Crippen molar-refractivity contribution in [1.82, 2.24) is 10.2 Å². The highest BCUT2D eigenvalue weighted by Gasteiger charge is 2.38. The van der Waals surface area contributed by atoms with Gasteiger partial charge in [0, 0.05) is 6.54 Å². The molecule has 2 rings (SSSR count). The van der Waals surface area contributed by atoms with Crippen LogP contribution >= 0.6 is 0 Å². The van der Waals surface area contributed by atoms with Gasteiger partial charge < -0.3 is 4.90 Å². The molecule has 0 aromatic heterocycles. The number of halogens is 3. The lowest BCUT2D eigenvalue weighted by Gasteiger charge is -2.26. The molecule has 0 aliphatic carbocycles. The Labute approximate surface area is 122 Å². The van der Waals surface area contributed by atoms with Gasteiger partial charge in [0.1, 0.15) is 6.17 Å². The third-order valence-corrected chi connectivity index (χ3v) is 3.46. The summed E-state index contributed by atoms with van der Waals surface area (Å²) >= 11 is 0. The zero-order valence-corrected chi connectivity index (χ0v) is 12.2. The maximum atomic E-state index is 12.8. The number of carbonyl (C=O) groups excluding carboxylic acids is 1. The summed E-state index contributed by atoms with van der Waals surface area (Å²) in [5.41, 5.74) is -0.235. The molecule has 1 aromatic carbocycles. The van der Waals surface area contributed by atoms with Crippen molar-refractivity contribution in [3.05, 3.63) is 35.4 Å². The van der Waals surface area contributed by atoms with Gasteiger partial charge in [0.05, 0.1) is 11.6 Å². The second kappa shape index (κ2) is 5.67. The molecule has 0 saturated carbocycles. The van der Waals surface area contributed by atoms with E-state index in [0.717, 1.165) is 12.1 Å². The van der Waals surface area contributed by atoms with E-state index in [0.29, 0.717) is 12.1 Å². The first kappa shape index (κ1) is 15.8. The number of alkyl halides is 3. The van der Waals surface area contributed by atoms with Gasteiger partial charge in [-0.05, 0) is 30.5 Å². The van der Waals surface area contributed by atoms with Gasteiger partial charge >= 0.3 is 6.18 Å². The van der Waals surface area contributed by atoms with Crippen molar-refractivity contribution in [3.8, 4) is 0 Å². The molecule has 0 bridgehead atoms. The third kappa shape index (κ3) is 3.37. The van der Waals surface area contributed by atoms with Crippen molar-refractivity contribution in [2.45, 2.75) is 39.2 Å². The predicted octanol–water partition coefficient (Wildman–Crippen LogP) is 3.18. The van der Waals surface area contributed by atoms with E-state index in [2.05, 4.69) is 5.32 Å². The smallest absolute Gasteiger partial charge is 0.321 e. The van der Waals surface area contributed by atoms with E-state index in [1.54, 1.807) is 17.9 Å². The van der Waals surface area contributed by atoms with Gasteiger partial charge in [0.2, 0.25) is 5.91 Å². The molecule has 1 fully saturated rings. The van der Waals surface area contributed by atoms with Crippen molar-refractivity contribution >= 4 is 5.91 Å². The Bertz CT molecular complexity index is 528. The van der Waals surface area contributed by atoms with Crippen molar-refractivity contribution < 1.29 is 18.0 Å². The van der Waals surface area contributed by atoms with Crippen molar-refractivity contribution in [1.29, 1.82) is 0 Å². The first-order chi connectivity index (χ1) is 9.70. The van der Waals surface area contributed by atoms with Crippen molar-refractivity contribution in [3.63, 3.8) is 0 Å². The fourth-order valence-electron chi connectivity index (χ4n) is 2.52. The largest absolute Gasteiger partial charge is 0.416 e. The summed E-state index contributed by atoms with van der Waals surface area (Å²) in [6.07, 6.45) is -4.88. The van der Waals surface area contributed by atoms with E-state index >= 15 is 0 Å². The summed E-state index contributed by atoms with van der Waals surface area (Å²) in [6, 6.07) is 4.75. The molecule has 1 heterocycles. The third-order valence-electron chi connectivity index (χ3n) is 3.46. The quantitative estimate of drug-likeness (QED) is 0.930. The van der Waals surface area contributed by atoms with Crippen LogP contribution in [0, 0.1) is 5.92 Å². The SMILES string of the molecule is CC(C)CN1C(=O)C(C)NC1c1cccc(C(F)(F)F)c1. The van der Waals surface area contributed by atoms with E-state index in [1.807, 2.05) is 13.8 Å². The van der Waals surface area contributed by atoms with Crippen LogP contribution in [0.25, 0.3) is 0 Å². The maximum Gasteiger partial charge on any atom is 0.416 e. The van der Waals surface area contributed by atoms with Crippen LogP contribution in [0.4, 0.5) is 13.2 Å². The van der Waals surface area contributed by atoms with Crippen LogP contribution in [-0.4, -0.2) is 23.4 Å². The Kier molecular flexibility index (Phi) is 4.27. The molecule has 0 radical (unpaired) electrons. The Morgan fingerprint density at radius 3 is 2.57 bits per heavy atom. The standard InChI is InChI=1S/C15H19F3N2O/c1-9(2)8-20-13(19-10(3)14(20)21)11-5-4-6-12(7-11)15(16,17)18/h4-7,9-10,13,19H,8H2,1-3H3. The topological polar surface area (TPSA) is 32.3 Å². The fourth-order valence-corrected chi connectivity index (χ4v) is 2.52. The normalized spacial score (nSPS) is 23.2. The minimum Gasteiger partial charge on any atom is -0.321 e. The Morgan fingerprint density at radius 2 is 2.00 bits per heavy atom. The van der Waals surface area contributed by atoms with Crippen LogP contribution in [0.3, 0.4) is 0 Å². The Balaban J connectivity index is 2.33. The highest BCUT2D eigenvalue weighted by molar-refractivity contribution is 5.84. The van der Waals surface area contributed by atoms with Gasteiger partial charge in [0.15, 0.2) is 0 Å². The average Bonchev–Trinajstić information content (AvgIpc) is 2.66. The second-order valence-electron chi connectivity index (χ2n) is 5.80. The second-order valence-corrected chi connectivity index (χ2v) is 5.80. The van der Waals surface area contributed by atoms with Crippen LogP contribution in [0.5, 0.6) is 0 Å². The molecule has 1 saturated heterocycles. The first-order valence-corrected chi connectivity index (χ1v) is 6.94. The van der Waals surface area contributed by atoms with E-state index in [4.69, 9.17) is 0 Å². The molecule has 1 amide bonds. The molecule has 1 N–H and O–H groups in total. The zero-order chi connectivity index (χ0) is 15.8. The molecule has 1 aromatic rings. The summed E-state index contributed by atoms with van der Waals surface area (Å²) in [6.45, 7) is 6.18. The minimum atomic E-state index is -4.38. The van der Waals surface area contributed by atoms with Gasteiger partial charge in [-0.1, -0.05) is 26.0 Å². The molecule has 1 aliphatic heterocycles. The van der Waals surface area contributed by atoms with Gasteiger partial charge in [-0.3, -0.25) is 10.1 Å². The monoisotopic (exact) mass is 300 g/mol. The average molecular weight is 300 g/mol. The molecule has 0 spiro atoms. The number of nitrogens with one attached hydrogen (secondary N) is 1. The van der Waals surface area contributed by atoms with Crippen LogP contribution < -0.4 is 5.32 Å². The number of amides is 1. The molecular weight excluding hydrogens is 281 g/mol. The van der Waals surface area contributed by atoms with Crippen LogP contribution in [0.1, 0.15) is 38.1 Å². The number of benzene rings is 1. The van der Waals surface area contributed by atoms with Gasteiger partial charge in [0.25, 0.3) is 0 Å². The maximum absolute atomic E-state index is 12.8. The summed E-state index contributed by atoms with van der Waals surface area (Å²) in [5, 5.41) is 3.06. The Hall–Kier alpha value is -1.56. The molecule has 21 heavy (non-hydrogen) atoms. The zero-order valence-electron chi connectivity index (χ0n) is 12.2. The molecule has 2 unspecified atom stereocenters. The summed E-state index contributed by atoms with van der Waals surface area (Å²) < 4.78 is 38.4. The van der Waals surface area contributed by atoms with Gasteiger partial charge in [-0.15, -0.1) is 0 Å². The summed E-state index contributed by atoms with van der Waals surface area (Å²) in [7, 11) is 0.